The van der Waals surface area contributed by atoms with Crippen LogP contribution in [-0.2, 0) is 6.54 Å². The summed E-state index contributed by atoms with van der Waals surface area (Å²) >= 11 is 0. The number of nitrogens with one attached hydrogen (secondary N) is 2. The lowest BCUT2D eigenvalue weighted by Gasteiger charge is -2.25. The molecule has 2 N–H and O–H groups in total. The van der Waals surface area contributed by atoms with E-state index in [1.807, 2.05) is 12.1 Å². The van der Waals surface area contributed by atoms with Gasteiger partial charge in [0.2, 0.25) is 0 Å². The van der Waals surface area contributed by atoms with Gasteiger partial charge in [-0.3, -0.25) is 0 Å². The highest BCUT2D eigenvalue weighted by Crippen LogP contribution is 2.19. The van der Waals surface area contributed by atoms with E-state index < -0.39 is 0 Å². The minimum atomic E-state index is 0.223. The Labute approximate surface area is 97.2 Å². The second-order valence-corrected chi connectivity index (χ2v) is 4.65. The molecule has 0 aliphatic carbocycles. The molecule has 0 saturated carbocycles. The monoisotopic (exact) mass is 220 g/mol. The van der Waals surface area contributed by atoms with Crippen LogP contribution in [0.3, 0.4) is 0 Å². The fourth-order valence-electron chi connectivity index (χ4n) is 2.13. The normalized spacial score (nSPS) is 24.6. The van der Waals surface area contributed by atoms with E-state index in [0.717, 1.165) is 25.4 Å². The van der Waals surface area contributed by atoms with Crippen molar-refractivity contribution in [3.8, 4) is 5.75 Å². The Balaban J connectivity index is 1.98. The van der Waals surface area contributed by atoms with E-state index in [-0.39, 0.29) is 5.54 Å². The summed E-state index contributed by atoms with van der Waals surface area (Å²) in [6, 6.07) is 8.17. The standard InChI is InChI=1S/C13H20N2O/c1-13(7-8-14-10-13)15-9-11-5-3-4-6-12(11)16-2/h3-6,14-15H,7-10H2,1-2H3. The average Bonchev–Trinajstić information content (AvgIpc) is 2.74. The van der Waals surface area contributed by atoms with Gasteiger partial charge in [0.15, 0.2) is 0 Å². The summed E-state index contributed by atoms with van der Waals surface area (Å²) in [5.41, 5.74) is 1.44. The second kappa shape index (κ2) is 4.85. The number of rotatable bonds is 4. The van der Waals surface area contributed by atoms with E-state index in [9.17, 15) is 0 Å². The molecule has 1 aliphatic heterocycles. The molecule has 3 nitrogen and oxygen atoms in total. The van der Waals surface area contributed by atoms with Crippen LogP contribution >= 0.6 is 0 Å². The molecule has 3 heteroatoms. The first-order valence-electron chi connectivity index (χ1n) is 5.81. The van der Waals surface area contributed by atoms with Crippen LogP contribution in [0.5, 0.6) is 5.75 Å². The van der Waals surface area contributed by atoms with Gasteiger partial charge < -0.3 is 15.4 Å². The van der Waals surface area contributed by atoms with Crippen LogP contribution < -0.4 is 15.4 Å². The molecule has 0 bridgehead atoms. The number of benzene rings is 1. The van der Waals surface area contributed by atoms with E-state index in [2.05, 4.69) is 29.7 Å². The van der Waals surface area contributed by atoms with Crippen LogP contribution in [0.4, 0.5) is 0 Å². The van der Waals surface area contributed by atoms with Gasteiger partial charge in [-0.25, -0.2) is 0 Å². The maximum absolute atomic E-state index is 5.34. The Bertz CT molecular complexity index is 346. The van der Waals surface area contributed by atoms with Gasteiger partial charge in [-0.15, -0.1) is 0 Å². The summed E-state index contributed by atoms with van der Waals surface area (Å²) in [6.07, 6.45) is 1.18. The van der Waals surface area contributed by atoms with Crippen molar-refractivity contribution in [1.29, 1.82) is 0 Å². The first-order chi connectivity index (χ1) is 7.73. The molecule has 0 aromatic heterocycles. The molecule has 0 spiro atoms. The molecular weight excluding hydrogens is 200 g/mol. The summed E-state index contributed by atoms with van der Waals surface area (Å²) in [4.78, 5) is 0. The minimum absolute atomic E-state index is 0.223. The summed E-state index contributed by atoms with van der Waals surface area (Å²) in [7, 11) is 1.72. The van der Waals surface area contributed by atoms with E-state index in [1.165, 1.54) is 12.0 Å². The van der Waals surface area contributed by atoms with Crippen molar-refractivity contribution in [2.75, 3.05) is 20.2 Å². The fraction of sp³-hybridized carbons (Fsp3) is 0.538. The largest absolute Gasteiger partial charge is 0.496 e. The summed E-state index contributed by atoms with van der Waals surface area (Å²) in [5.74, 6) is 0.963. The third-order valence-corrected chi connectivity index (χ3v) is 3.27. The molecule has 0 radical (unpaired) electrons. The molecule has 1 saturated heterocycles. The average molecular weight is 220 g/mol. The Morgan fingerprint density at radius 3 is 2.94 bits per heavy atom. The lowest BCUT2D eigenvalue weighted by atomic mass is 10.0. The molecule has 1 fully saturated rings. The highest BCUT2D eigenvalue weighted by Gasteiger charge is 2.27. The molecule has 0 amide bonds. The van der Waals surface area contributed by atoms with E-state index in [4.69, 9.17) is 4.74 Å². The smallest absolute Gasteiger partial charge is 0.123 e. The van der Waals surface area contributed by atoms with Crippen LogP contribution in [0.1, 0.15) is 18.9 Å². The molecule has 2 rings (SSSR count). The van der Waals surface area contributed by atoms with Gasteiger partial charge in [0, 0.05) is 24.2 Å². The molecule has 1 aromatic carbocycles. The van der Waals surface area contributed by atoms with Crippen molar-refractivity contribution in [2.45, 2.75) is 25.4 Å². The predicted octanol–water partition coefficient (Wildman–Crippen LogP) is 1.54. The van der Waals surface area contributed by atoms with E-state index >= 15 is 0 Å². The van der Waals surface area contributed by atoms with Gasteiger partial charge >= 0.3 is 0 Å². The zero-order chi connectivity index (χ0) is 11.4. The van der Waals surface area contributed by atoms with Gasteiger partial charge in [-0.2, -0.15) is 0 Å². The Kier molecular flexibility index (Phi) is 3.46. The van der Waals surface area contributed by atoms with Crippen LogP contribution in [0, 0.1) is 0 Å². The molecule has 1 aromatic rings. The topological polar surface area (TPSA) is 33.3 Å². The quantitative estimate of drug-likeness (QED) is 0.807. The maximum Gasteiger partial charge on any atom is 0.123 e. The number of hydrogen-bond donors (Lipinski definition) is 2. The SMILES string of the molecule is COc1ccccc1CNC1(C)CCNC1. The Morgan fingerprint density at radius 2 is 2.25 bits per heavy atom. The van der Waals surface area contributed by atoms with Crippen LogP contribution in [0.15, 0.2) is 24.3 Å². The third-order valence-electron chi connectivity index (χ3n) is 3.27. The molecule has 16 heavy (non-hydrogen) atoms. The van der Waals surface area contributed by atoms with Gasteiger partial charge in [-0.1, -0.05) is 18.2 Å². The number of ether oxygens (including phenoxy) is 1. The first-order valence-corrected chi connectivity index (χ1v) is 5.81. The Hall–Kier alpha value is -1.06. The highest BCUT2D eigenvalue weighted by molar-refractivity contribution is 5.33. The second-order valence-electron chi connectivity index (χ2n) is 4.65. The van der Waals surface area contributed by atoms with Gasteiger partial charge in [0.05, 0.1) is 7.11 Å². The van der Waals surface area contributed by atoms with Crippen molar-refractivity contribution in [3.05, 3.63) is 29.8 Å². The Morgan fingerprint density at radius 1 is 1.44 bits per heavy atom. The third kappa shape index (κ3) is 2.54. The first kappa shape index (κ1) is 11.4. The van der Waals surface area contributed by atoms with E-state index in [0.29, 0.717) is 0 Å². The number of para-hydroxylation sites is 1. The lowest BCUT2D eigenvalue weighted by Crippen LogP contribution is -2.43. The number of methoxy groups -OCH3 is 1. The maximum atomic E-state index is 5.34. The zero-order valence-electron chi connectivity index (χ0n) is 10.0. The predicted molar refractivity (Wildman–Crippen MR) is 65.7 cm³/mol. The van der Waals surface area contributed by atoms with Crippen molar-refractivity contribution < 1.29 is 4.74 Å². The molecule has 1 heterocycles. The summed E-state index contributed by atoms with van der Waals surface area (Å²) < 4.78 is 5.34. The minimum Gasteiger partial charge on any atom is -0.496 e. The zero-order valence-corrected chi connectivity index (χ0v) is 10.0. The van der Waals surface area contributed by atoms with Crippen molar-refractivity contribution in [1.82, 2.24) is 10.6 Å². The molecular formula is C13H20N2O. The van der Waals surface area contributed by atoms with Gasteiger partial charge in [0.1, 0.15) is 5.75 Å². The molecule has 88 valence electrons. The van der Waals surface area contributed by atoms with Crippen molar-refractivity contribution in [2.24, 2.45) is 0 Å². The highest BCUT2D eigenvalue weighted by atomic mass is 16.5. The van der Waals surface area contributed by atoms with Crippen molar-refractivity contribution in [3.63, 3.8) is 0 Å². The number of hydrogen-bond acceptors (Lipinski definition) is 3. The summed E-state index contributed by atoms with van der Waals surface area (Å²) in [5, 5.41) is 6.99. The van der Waals surface area contributed by atoms with Crippen LogP contribution in [0.25, 0.3) is 0 Å². The molecule has 1 unspecified atom stereocenters. The van der Waals surface area contributed by atoms with Crippen molar-refractivity contribution >= 4 is 0 Å². The van der Waals surface area contributed by atoms with Gasteiger partial charge in [0.25, 0.3) is 0 Å². The molecule has 1 aliphatic rings. The fourth-order valence-corrected chi connectivity index (χ4v) is 2.13. The van der Waals surface area contributed by atoms with Gasteiger partial charge in [-0.05, 0) is 26.0 Å². The summed E-state index contributed by atoms with van der Waals surface area (Å²) in [6.45, 7) is 5.28. The van der Waals surface area contributed by atoms with E-state index in [1.54, 1.807) is 7.11 Å². The lowest BCUT2D eigenvalue weighted by molar-refractivity contribution is 0.372. The molecule has 1 atom stereocenters. The van der Waals surface area contributed by atoms with Crippen LogP contribution in [-0.4, -0.2) is 25.7 Å². The van der Waals surface area contributed by atoms with Crippen LogP contribution in [0.2, 0.25) is 0 Å².